The van der Waals surface area contributed by atoms with Gasteiger partial charge in [0.25, 0.3) is 0 Å². The van der Waals surface area contributed by atoms with Gasteiger partial charge in [-0.25, -0.2) is 12.8 Å². The van der Waals surface area contributed by atoms with Gasteiger partial charge in [0, 0.05) is 24.6 Å². The molecule has 0 aliphatic rings. The van der Waals surface area contributed by atoms with E-state index >= 15 is 0 Å². The van der Waals surface area contributed by atoms with Crippen LogP contribution in [0, 0.1) is 5.82 Å². The fourth-order valence-corrected chi connectivity index (χ4v) is 3.30. The van der Waals surface area contributed by atoms with Crippen molar-refractivity contribution in [2.45, 2.75) is 18.7 Å². The molecule has 1 aromatic carbocycles. The summed E-state index contributed by atoms with van der Waals surface area (Å²) in [6, 6.07) is 3.69. The Hall–Kier alpha value is -0.990. The number of rotatable bonds is 6. The molecule has 0 bridgehead atoms. The molecule has 0 N–H and O–H groups in total. The summed E-state index contributed by atoms with van der Waals surface area (Å²) >= 11 is 3.07. The molecule has 0 aliphatic carbocycles. The Balaban J connectivity index is 2.99. The van der Waals surface area contributed by atoms with Gasteiger partial charge in [-0.05, 0) is 32.0 Å². The molecule has 21 heavy (non-hydrogen) atoms. The average molecular weight is 381 g/mol. The van der Waals surface area contributed by atoms with E-state index in [1.165, 1.54) is 24.1 Å². The summed E-state index contributed by atoms with van der Waals surface area (Å²) in [4.78, 5) is 13.0. The van der Waals surface area contributed by atoms with Gasteiger partial charge in [-0.2, -0.15) is 4.31 Å². The van der Waals surface area contributed by atoms with Crippen molar-refractivity contribution in [3.63, 3.8) is 0 Å². The molecule has 0 atom stereocenters. The molecule has 1 amide bonds. The zero-order chi connectivity index (χ0) is 16.2. The summed E-state index contributed by atoms with van der Waals surface area (Å²) in [6.45, 7) is 4.29. The second-order valence-corrected chi connectivity index (χ2v) is 7.33. The highest BCUT2D eigenvalue weighted by molar-refractivity contribution is 9.10. The van der Waals surface area contributed by atoms with E-state index in [1.54, 1.807) is 0 Å². The van der Waals surface area contributed by atoms with Crippen LogP contribution in [-0.2, 0) is 14.8 Å². The first-order valence-corrected chi connectivity index (χ1v) is 8.66. The van der Waals surface area contributed by atoms with Crippen LogP contribution in [-0.4, -0.2) is 50.2 Å². The van der Waals surface area contributed by atoms with Gasteiger partial charge < -0.3 is 4.90 Å². The summed E-state index contributed by atoms with van der Waals surface area (Å²) in [7, 11) is -2.78. The topological polar surface area (TPSA) is 57.7 Å². The highest BCUT2D eigenvalue weighted by Gasteiger charge is 2.27. The van der Waals surface area contributed by atoms with E-state index in [9.17, 15) is 17.6 Å². The fourth-order valence-electron chi connectivity index (χ4n) is 1.80. The van der Waals surface area contributed by atoms with Gasteiger partial charge in [-0.15, -0.1) is 0 Å². The number of halogens is 2. The van der Waals surface area contributed by atoms with Crippen LogP contribution >= 0.6 is 15.9 Å². The van der Waals surface area contributed by atoms with E-state index in [1.807, 2.05) is 13.8 Å². The van der Waals surface area contributed by atoms with Gasteiger partial charge in [0.2, 0.25) is 15.9 Å². The molecule has 0 fully saturated rings. The Kier molecular flexibility index (Phi) is 6.30. The van der Waals surface area contributed by atoms with Crippen LogP contribution in [0.3, 0.4) is 0 Å². The zero-order valence-corrected chi connectivity index (χ0v) is 14.5. The quantitative estimate of drug-likeness (QED) is 0.758. The summed E-state index contributed by atoms with van der Waals surface area (Å²) < 4.78 is 39.7. The third-order valence-corrected chi connectivity index (χ3v) is 5.39. The molecule has 0 saturated heterocycles. The first kappa shape index (κ1) is 18.1. The smallest absolute Gasteiger partial charge is 0.246 e. The predicted molar refractivity (Wildman–Crippen MR) is 81.8 cm³/mol. The number of likely N-dealkylation sites (N-methyl/N-ethyl adjacent to an activating group) is 2. The molecule has 0 aliphatic heterocycles. The number of hydrogen-bond acceptors (Lipinski definition) is 3. The van der Waals surface area contributed by atoms with E-state index in [0.29, 0.717) is 17.6 Å². The van der Waals surface area contributed by atoms with Crippen molar-refractivity contribution >= 4 is 31.9 Å². The van der Waals surface area contributed by atoms with E-state index in [-0.39, 0.29) is 12.5 Å². The predicted octanol–water partition coefficient (Wildman–Crippen LogP) is 2.08. The van der Waals surface area contributed by atoms with Crippen molar-refractivity contribution in [2.75, 3.05) is 26.7 Å². The maximum atomic E-state index is 13.8. The van der Waals surface area contributed by atoms with E-state index in [4.69, 9.17) is 0 Å². The third-order valence-electron chi connectivity index (χ3n) is 3.06. The van der Waals surface area contributed by atoms with E-state index in [0.717, 1.165) is 10.4 Å². The number of carbonyl (C=O) groups excluding carboxylic acids is 1. The molecule has 1 rings (SSSR count). The summed E-state index contributed by atoms with van der Waals surface area (Å²) in [5.41, 5.74) is 0. The fraction of sp³-hybridized carbons (Fsp3) is 0.462. The number of hydrogen-bond donors (Lipinski definition) is 0. The van der Waals surface area contributed by atoms with Crippen LogP contribution < -0.4 is 0 Å². The van der Waals surface area contributed by atoms with Crippen molar-refractivity contribution in [1.82, 2.24) is 9.21 Å². The number of sulfonamides is 1. The van der Waals surface area contributed by atoms with Crippen molar-refractivity contribution in [3.8, 4) is 0 Å². The number of carbonyl (C=O) groups is 1. The normalized spacial score (nSPS) is 11.7. The van der Waals surface area contributed by atoms with Gasteiger partial charge in [0.05, 0.1) is 6.54 Å². The van der Waals surface area contributed by atoms with Gasteiger partial charge in [0.15, 0.2) is 0 Å². The average Bonchev–Trinajstić information content (AvgIpc) is 2.39. The van der Waals surface area contributed by atoms with Gasteiger partial charge in [-0.3, -0.25) is 4.79 Å². The minimum Gasteiger partial charge on any atom is -0.342 e. The van der Waals surface area contributed by atoms with Crippen molar-refractivity contribution in [3.05, 3.63) is 28.5 Å². The number of amides is 1. The Morgan fingerprint density at radius 3 is 2.33 bits per heavy atom. The van der Waals surface area contributed by atoms with Crippen LogP contribution in [0.2, 0.25) is 0 Å². The Morgan fingerprint density at radius 1 is 1.29 bits per heavy atom. The molecule has 118 valence electrons. The van der Waals surface area contributed by atoms with Crippen molar-refractivity contribution in [1.29, 1.82) is 0 Å². The van der Waals surface area contributed by atoms with Crippen molar-refractivity contribution in [2.24, 2.45) is 0 Å². The molecule has 0 unspecified atom stereocenters. The lowest BCUT2D eigenvalue weighted by Gasteiger charge is -2.23. The van der Waals surface area contributed by atoms with Gasteiger partial charge in [0.1, 0.15) is 10.7 Å². The third kappa shape index (κ3) is 4.24. The molecule has 1 aromatic rings. The highest BCUT2D eigenvalue weighted by Crippen LogP contribution is 2.22. The largest absolute Gasteiger partial charge is 0.342 e. The van der Waals surface area contributed by atoms with Crippen LogP contribution in [0.4, 0.5) is 4.39 Å². The number of nitrogens with zero attached hydrogens (tertiary/aromatic N) is 2. The van der Waals surface area contributed by atoms with Crippen molar-refractivity contribution < 1.29 is 17.6 Å². The van der Waals surface area contributed by atoms with E-state index < -0.39 is 20.7 Å². The second-order valence-electron chi connectivity index (χ2n) is 4.40. The van der Waals surface area contributed by atoms with Crippen LogP contribution in [0.25, 0.3) is 0 Å². The SMILES string of the molecule is CCN(CC)C(=O)CN(C)S(=O)(=O)c1ccc(Br)cc1F. The Bertz CT molecular complexity index is 618. The standard InChI is InChI=1S/C13H18BrFN2O3S/c1-4-17(5-2)13(18)9-16(3)21(19,20)12-7-6-10(14)8-11(12)15/h6-8H,4-5,9H2,1-3H3. The molecular formula is C13H18BrFN2O3S. The monoisotopic (exact) mass is 380 g/mol. The molecule has 0 heterocycles. The first-order valence-electron chi connectivity index (χ1n) is 6.43. The summed E-state index contributed by atoms with van der Waals surface area (Å²) in [5, 5.41) is 0. The first-order chi connectivity index (χ1) is 9.73. The highest BCUT2D eigenvalue weighted by atomic mass is 79.9. The van der Waals surface area contributed by atoms with Crippen LogP contribution in [0.5, 0.6) is 0 Å². The summed E-state index contributed by atoms with van der Waals surface area (Å²) in [5.74, 6) is -1.17. The molecule has 8 heteroatoms. The molecule has 0 radical (unpaired) electrons. The Labute approximate surface area is 132 Å². The number of benzene rings is 1. The van der Waals surface area contributed by atoms with Crippen LogP contribution in [0.1, 0.15) is 13.8 Å². The molecule has 0 saturated carbocycles. The van der Waals surface area contributed by atoms with Gasteiger partial charge in [-0.1, -0.05) is 15.9 Å². The molecule has 5 nitrogen and oxygen atoms in total. The minimum absolute atomic E-state index is 0.316. The maximum Gasteiger partial charge on any atom is 0.246 e. The van der Waals surface area contributed by atoms with Gasteiger partial charge >= 0.3 is 0 Å². The minimum atomic E-state index is -4.04. The Morgan fingerprint density at radius 2 is 1.86 bits per heavy atom. The summed E-state index contributed by atoms with van der Waals surface area (Å²) in [6.07, 6.45) is 0. The maximum absolute atomic E-state index is 13.8. The molecular weight excluding hydrogens is 363 g/mol. The van der Waals surface area contributed by atoms with Crippen LogP contribution in [0.15, 0.2) is 27.6 Å². The zero-order valence-electron chi connectivity index (χ0n) is 12.1. The molecule has 0 spiro atoms. The molecule has 0 aromatic heterocycles. The lowest BCUT2D eigenvalue weighted by molar-refractivity contribution is -0.130. The second kappa shape index (κ2) is 7.33. The van der Waals surface area contributed by atoms with E-state index in [2.05, 4.69) is 15.9 Å². The lowest BCUT2D eigenvalue weighted by Crippen LogP contribution is -2.41. The lowest BCUT2D eigenvalue weighted by atomic mass is 10.3.